The maximum absolute atomic E-state index is 13.6. The van der Waals surface area contributed by atoms with Gasteiger partial charge in [-0.15, -0.1) is 0 Å². The van der Waals surface area contributed by atoms with Crippen LogP contribution < -0.4 is 4.74 Å². The molecule has 3 aliphatic rings. The molecule has 0 spiro atoms. The van der Waals surface area contributed by atoms with Crippen molar-refractivity contribution in [3.8, 4) is 5.75 Å². The van der Waals surface area contributed by atoms with Crippen molar-refractivity contribution in [3.63, 3.8) is 0 Å². The number of hydrogen-bond acceptors (Lipinski definition) is 4. The third-order valence-corrected chi connectivity index (χ3v) is 7.91. The fourth-order valence-corrected chi connectivity index (χ4v) is 5.61. The number of hydrogen-bond donors (Lipinski definition) is 0. The second kappa shape index (κ2) is 10.9. The first kappa shape index (κ1) is 25.4. The van der Waals surface area contributed by atoms with Gasteiger partial charge in [0.25, 0.3) is 0 Å². The summed E-state index contributed by atoms with van der Waals surface area (Å²) >= 11 is 3.47. The van der Waals surface area contributed by atoms with Gasteiger partial charge >= 0.3 is 0 Å². The lowest BCUT2D eigenvalue weighted by Gasteiger charge is -2.41. The highest BCUT2D eigenvalue weighted by Crippen LogP contribution is 2.38. The minimum Gasteiger partial charge on any atom is -0.490 e. The van der Waals surface area contributed by atoms with Crippen LogP contribution in [0.3, 0.4) is 0 Å². The molecular weight excluding hydrogens is 508 g/mol. The van der Waals surface area contributed by atoms with E-state index >= 15 is 0 Å². The number of carbonyl (C=O) groups is 2. The van der Waals surface area contributed by atoms with Crippen LogP contribution in [0.4, 0.5) is 8.78 Å². The van der Waals surface area contributed by atoms with E-state index in [1.807, 2.05) is 29.2 Å². The molecule has 0 bridgehead atoms. The molecule has 34 heavy (non-hydrogen) atoms. The summed E-state index contributed by atoms with van der Waals surface area (Å²) in [6.07, 6.45) is 0.743. The number of rotatable bonds is 5. The average molecular weight is 542 g/mol. The van der Waals surface area contributed by atoms with Crippen molar-refractivity contribution in [3.05, 3.63) is 28.7 Å². The number of alkyl halides is 2. The Labute approximate surface area is 208 Å². The molecule has 1 aromatic rings. The molecule has 2 atom stereocenters. The molecule has 2 aliphatic heterocycles. The summed E-state index contributed by atoms with van der Waals surface area (Å²) in [5.41, 5.74) is 0. The van der Waals surface area contributed by atoms with Crippen LogP contribution in [0, 0.1) is 11.8 Å². The van der Waals surface area contributed by atoms with E-state index in [4.69, 9.17) is 4.74 Å². The van der Waals surface area contributed by atoms with E-state index in [2.05, 4.69) is 27.9 Å². The lowest BCUT2D eigenvalue weighted by atomic mass is 9.84. The fraction of sp³-hybridized carbons (Fsp3) is 0.680. The van der Waals surface area contributed by atoms with Gasteiger partial charge < -0.3 is 19.4 Å². The Balaban J connectivity index is 1.43. The molecule has 0 N–H and O–H groups in total. The van der Waals surface area contributed by atoms with Gasteiger partial charge in [-0.25, -0.2) is 8.78 Å². The topological polar surface area (TPSA) is 53.1 Å². The quantitative estimate of drug-likeness (QED) is 0.564. The summed E-state index contributed by atoms with van der Waals surface area (Å²) in [5, 5.41) is 0. The van der Waals surface area contributed by atoms with Crippen molar-refractivity contribution in [2.75, 3.05) is 46.3 Å². The minimum atomic E-state index is -2.65. The number of benzene rings is 1. The van der Waals surface area contributed by atoms with Crippen molar-refractivity contribution in [2.45, 2.75) is 50.6 Å². The van der Waals surface area contributed by atoms with Crippen LogP contribution in [0.1, 0.15) is 38.5 Å². The van der Waals surface area contributed by atoms with Crippen LogP contribution in [0.2, 0.25) is 0 Å². The van der Waals surface area contributed by atoms with Crippen molar-refractivity contribution in [1.82, 2.24) is 14.7 Å². The van der Waals surface area contributed by atoms with Gasteiger partial charge in [0.15, 0.2) is 0 Å². The fourth-order valence-electron chi connectivity index (χ4n) is 5.23. The van der Waals surface area contributed by atoms with Crippen molar-refractivity contribution < 1.29 is 23.1 Å². The Morgan fingerprint density at radius 1 is 1.06 bits per heavy atom. The highest BCUT2D eigenvalue weighted by molar-refractivity contribution is 9.10. The molecule has 4 rings (SSSR count). The van der Waals surface area contributed by atoms with Gasteiger partial charge in [0.05, 0.1) is 0 Å². The van der Waals surface area contributed by atoms with Gasteiger partial charge in [-0.3, -0.25) is 9.59 Å². The Morgan fingerprint density at radius 2 is 1.76 bits per heavy atom. The standard InChI is InChI=1S/C25H34BrF2N3O3/c1-29-11-13-30(14-12-29)23(32)15-19-17-31(24(33)18-5-8-25(27,28)9-6-18)10-7-22(19)34-21-4-2-3-20(26)16-21/h2-4,16,18-19,22H,5-15,17H2,1H3/t19-,22-/m0/s1. The summed E-state index contributed by atoms with van der Waals surface area (Å²) in [7, 11) is 2.05. The lowest BCUT2D eigenvalue weighted by Crippen LogP contribution is -2.52. The van der Waals surface area contributed by atoms with Gasteiger partial charge in [-0.2, -0.15) is 0 Å². The average Bonchev–Trinajstić information content (AvgIpc) is 2.80. The molecule has 0 unspecified atom stereocenters. The van der Waals surface area contributed by atoms with Crippen molar-refractivity contribution in [1.29, 1.82) is 0 Å². The predicted molar refractivity (Wildman–Crippen MR) is 129 cm³/mol. The van der Waals surface area contributed by atoms with E-state index in [1.165, 1.54) is 0 Å². The zero-order chi connectivity index (χ0) is 24.3. The molecule has 2 heterocycles. The number of halogens is 3. The zero-order valence-corrected chi connectivity index (χ0v) is 21.3. The zero-order valence-electron chi connectivity index (χ0n) is 19.7. The van der Waals surface area contributed by atoms with Crippen LogP contribution in [-0.2, 0) is 9.59 Å². The molecular formula is C25H34BrF2N3O3. The molecule has 3 fully saturated rings. The smallest absolute Gasteiger partial charge is 0.248 e. The van der Waals surface area contributed by atoms with Gasteiger partial charge in [0.1, 0.15) is 11.9 Å². The second-order valence-corrected chi connectivity index (χ2v) is 10.9. The molecule has 1 aromatic carbocycles. The maximum Gasteiger partial charge on any atom is 0.248 e. The van der Waals surface area contributed by atoms with Crippen LogP contribution in [0.15, 0.2) is 28.7 Å². The number of carbonyl (C=O) groups excluding carboxylic acids is 2. The number of amides is 2. The van der Waals surface area contributed by atoms with E-state index in [1.54, 1.807) is 4.90 Å². The summed E-state index contributed by atoms with van der Waals surface area (Å²) < 4.78 is 34.4. The van der Waals surface area contributed by atoms with Crippen LogP contribution >= 0.6 is 15.9 Å². The highest BCUT2D eigenvalue weighted by Gasteiger charge is 2.41. The van der Waals surface area contributed by atoms with E-state index in [-0.39, 0.29) is 55.4 Å². The number of piperazine rings is 1. The van der Waals surface area contributed by atoms with Crippen LogP contribution in [-0.4, -0.2) is 84.9 Å². The Kier molecular flexibility index (Phi) is 8.12. The van der Waals surface area contributed by atoms with Gasteiger partial charge in [0, 0.05) is 81.3 Å². The molecule has 2 amide bonds. The minimum absolute atomic E-state index is 0.0477. The monoisotopic (exact) mass is 541 g/mol. The number of likely N-dealkylation sites (tertiary alicyclic amines) is 1. The molecule has 188 valence electrons. The SMILES string of the molecule is CN1CCN(C(=O)C[C@H]2CN(C(=O)C3CCC(F)(F)CC3)CC[C@@H]2Oc2cccc(Br)c2)CC1. The molecule has 0 aromatic heterocycles. The van der Waals surface area contributed by atoms with E-state index < -0.39 is 5.92 Å². The van der Waals surface area contributed by atoms with Gasteiger partial charge in [-0.05, 0) is 38.1 Å². The number of piperidine rings is 1. The predicted octanol–water partition coefficient (Wildman–Crippen LogP) is 4.03. The number of likely N-dealkylation sites (N-methyl/N-ethyl adjacent to an activating group) is 1. The first-order chi connectivity index (χ1) is 16.2. The van der Waals surface area contributed by atoms with Crippen LogP contribution in [0.5, 0.6) is 5.75 Å². The maximum atomic E-state index is 13.6. The first-order valence-electron chi connectivity index (χ1n) is 12.3. The third kappa shape index (κ3) is 6.47. The van der Waals surface area contributed by atoms with Gasteiger partial charge in [0.2, 0.25) is 17.7 Å². The molecule has 1 aliphatic carbocycles. The normalized spacial score (nSPS) is 26.4. The first-order valence-corrected chi connectivity index (χ1v) is 13.0. The lowest BCUT2D eigenvalue weighted by molar-refractivity contribution is -0.145. The molecule has 6 nitrogen and oxygen atoms in total. The Bertz CT molecular complexity index is 869. The summed E-state index contributed by atoms with van der Waals surface area (Å²) in [6, 6.07) is 7.63. The second-order valence-electron chi connectivity index (χ2n) is 9.97. The van der Waals surface area contributed by atoms with E-state index in [9.17, 15) is 18.4 Å². The number of ether oxygens (including phenoxy) is 1. The number of nitrogens with zero attached hydrogens (tertiary/aromatic N) is 3. The third-order valence-electron chi connectivity index (χ3n) is 7.42. The van der Waals surface area contributed by atoms with Crippen molar-refractivity contribution >= 4 is 27.7 Å². The summed E-state index contributed by atoms with van der Waals surface area (Å²) in [4.78, 5) is 32.2. The molecule has 0 radical (unpaired) electrons. The molecule has 2 saturated heterocycles. The Hall–Kier alpha value is -1.74. The Morgan fingerprint density at radius 3 is 2.44 bits per heavy atom. The van der Waals surface area contributed by atoms with Crippen molar-refractivity contribution in [2.24, 2.45) is 11.8 Å². The van der Waals surface area contributed by atoms with E-state index in [0.717, 1.165) is 23.3 Å². The molecule has 1 saturated carbocycles. The summed E-state index contributed by atoms with van der Waals surface area (Å²) in [6.45, 7) is 4.06. The summed E-state index contributed by atoms with van der Waals surface area (Å²) in [5.74, 6) is -2.38. The largest absolute Gasteiger partial charge is 0.490 e. The van der Waals surface area contributed by atoms with Crippen LogP contribution in [0.25, 0.3) is 0 Å². The van der Waals surface area contributed by atoms with Gasteiger partial charge in [-0.1, -0.05) is 22.0 Å². The highest BCUT2D eigenvalue weighted by atomic mass is 79.9. The van der Waals surface area contributed by atoms with E-state index in [0.29, 0.717) is 39.0 Å². The molecule has 9 heteroatoms.